The number of aryl methyl sites for hydroxylation is 1. The summed E-state index contributed by atoms with van der Waals surface area (Å²) in [5.41, 5.74) is 3.19. The van der Waals surface area contributed by atoms with Gasteiger partial charge < -0.3 is 4.90 Å². The van der Waals surface area contributed by atoms with Crippen molar-refractivity contribution >= 4 is 21.3 Å². The molecule has 2 aromatic heterocycles. The van der Waals surface area contributed by atoms with Crippen molar-refractivity contribution in [1.29, 1.82) is 4.78 Å². The summed E-state index contributed by atoms with van der Waals surface area (Å²) in [6.45, 7) is 4.04. The Kier molecular flexibility index (Phi) is 4.14. The average Bonchev–Trinajstić information content (AvgIpc) is 3.26. The van der Waals surface area contributed by atoms with Gasteiger partial charge in [0.05, 0.1) is 9.73 Å². The second-order valence-corrected chi connectivity index (χ2v) is 8.99. The van der Waals surface area contributed by atoms with Crippen molar-refractivity contribution in [2.24, 2.45) is 0 Å². The fourth-order valence-corrected chi connectivity index (χ4v) is 4.16. The lowest BCUT2D eigenvalue weighted by atomic mass is 10.0. The van der Waals surface area contributed by atoms with Gasteiger partial charge in [-0.15, -0.1) is 0 Å². The Balaban J connectivity index is 1.78. The third kappa shape index (κ3) is 3.05. The van der Waals surface area contributed by atoms with Crippen molar-refractivity contribution in [2.75, 3.05) is 24.2 Å². The van der Waals surface area contributed by atoms with Crippen LogP contribution in [0, 0.1) is 11.7 Å². The molecule has 3 heterocycles. The van der Waals surface area contributed by atoms with Gasteiger partial charge in [-0.05, 0) is 37.5 Å². The molecule has 8 heteroatoms. The van der Waals surface area contributed by atoms with Gasteiger partial charge in [0.2, 0.25) is 0 Å². The van der Waals surface area contributed by atoms with E-state index in [9.17, 15) is 4.21 Å². The molecule has 1 aliphatic heterocycles. The SMILES string of the molecule is Cc1nc2ncnn2c(N2CCCC2)c1Cc1ccc([S@](C)(=N)=O)cc1. The predicted octanol–water partition coefficient (Wildman–Crippen LogP) is 2.66. The van der Waals surface area contributed by atoms with Crippen molar-refractivity contribution in [3.63, 3.8) is 0 Å². The van der Waals surface area contributed by atoms with Gasteiger partial charge in [-0.25, -0.2) is 14.0 Å². The minimum Gasteiger partial charge on any atom is -0.356 e. The molecule has 1 saturated heterocycles. The summed E-state index contributed by atoms with van der Waals surface area (Å²) in [6, 6.07) is 7.48. The molecule has 3 aromatic rings. The number of anilines is 1. The van der Waals surface area contributed by atoms with E-state index in [2.05, 4.69) is 20.0 Å². The van der Waals surface area contributed by atoms with E-state index >= 15 is 0 Å². The Morgan fingerprint density at radius 1 is 1.19 bits per heavy atom. The summed E-state index contributed by atoms with van der Waals surface area (Å²) in [5, 5.41) is 4.39. The average molecular weight is 370 g/mol. The largest absolute Gasteiger partial charge is 0.356 e. The standard InChI is InChI=1S/C18H22N6OS/c1-13-16(11-14-5-7-15(8-6-14)26(2,19)25)17(23-9-3-4-10-23)24-18(22-13)20-12-21-24/h5-8,12,19H,3-4,9-11H2,1-2H3/t26-/m1/s1. The maximum Gasteiger partial charge on any atom is 0.254 e. The molecule has 7 nitrogen and oxygen atoms in total. The molecular weight excluding hydrogens is 348 g/mol. The molecule has 0 spiro atoms. The van der Waals surface area contributed by atoms with Crippen molar-refractivity contribution in [1.82, 2.24) is 19.6 Å². The molecule has 1 N–H and O–H groups in total. The number of rotatable bonds is 4. The zero-order chi connectivity index (χ0) is 18.3. The topological polar surface area (TPSA) is 87.2 Å². The second kappa shape index (κ2) is 6.35. The van der Waals surface area contributed by atoms with Crippen LogP contribution in [0.15, 0.2) is 35.5 Å². The molecule has 1 aliphatic rings. The lowest BCUT2D eigenvalue weighted by molar-refractivity contribution is 0.679. The van der Waals surface area contributed by atoms with E-state index in [0.717, 1.165) is 35.7 Å². The van der Waals surface area contributed by atoms with Crippen molar-refractivity contribution in [2.45, 2.75) is 31.1 Å². The highest BCUT2D eigenvalue weighted by Gasteiger charge is 2.22. The van der Waals surface area contributed by atoms with Crippen molar-refractivity contribution in [3.05, 3.63) is 47.4 Å². The van der Waals surface area contributed by atoms with Crippen LogP contribution < -0.4 is 4.90 Å². The fourth-order valence-electron chi connectivity index (χ4n) is 3.50. The molecule has 0 saturated carbocycles. The maximum atomic E-state index is 11.9. The number of nitrogens with one attached hydrogen (secondary N) is 1. The lowest BCUT2D eigenvalue weighted by Gasteiger charge is -2.23. The molecule has 0 unspecified atom stereocenters. The van der Waals surface area contributed by atoms with Crippen LogP contribution in [0.25, 0.3) is 5.78 Å². The molecule has 1 aromatic carbocycles. The van der Waals surface area contributed by atoms with E-state index in [-0.39, 0.29) is 0 Å². The van der Waals surface area contributed by atoms with Gasteiger partial charge in [-0.1, -0.05) is 12.1 Å². The number of hydrogen-bond acceptors (Lipinski definition) is 6. The third-order valence-electron chi connectivity index (χ3n) is 4.86. The van der Waals surface area contributed by atoms with Gasteiger partial charge >= 0.3 is 0 Å². The fraction of sp³-hybridized carbons (Fsp3) is 0.389. The molecule has 1 atom stereocenters. The van der Waals surface area contributed by atoms with Gasteiger partial charge in [-0.3, -0.25) is 0 Å². The zero-order valence-corrected chi connectivity index (χ0v) is 15.8. The summed E-state index contributed by atoms with van der Waals surface area (Å²) < 4.78 is 21.4. The van der Waals surface area contributed by atoms with E-state index in [4.69, 9.17) is 4.78 Å². The summed E-state index contributed by atoms with van der Waals surface area (Å²) in [4.78, 5) is 11.8. The molecule has 0 bridgehead atoms. The molecule has 0 amide bonds. The van der Waals surface area contributed by atoms with Crippen LogP contribution in [0.1, 0.15) is 29.7 Å². The van der Waals surface area contributed by atoms with Crippen LogP contribution in [0.3, 0.4) is 0 Å². The van der Waals surface area contributed by atoms with Crippen LogP contribution in [0.5, 0.6) is 0 Å². The quantitative estimate of drug-likeness (QED) is 0.763. The Labute approximate surface area is 153 Å². The van der Waals surface area contributed by atoms with E-state index in [0.29, 0.717) is 17.1 Å². The lowest BCUT2D eigenvalue weighted by Crippen LogP contribution is -2.24. The zero-order valence-electron chi connectivity index (χ0n) is 15.0. The molecule has 136 valence electrons. The number of hydrogen-bond donors (Lipinski definition) is 1. The minimum atomic E-state index is -2.69. The number of nitrogens with zero attached hydrogens (tertiary/aromatic N) is 5. The summed E-state index contributed by atoms with van der Waals surface area (Å²) in [6.07, 6.45) is 6.07. The molecule has 1 fully saturated rings. The normalized spacial score (nSPS) is 16.9. The minimum absolute atomic E-state index is 0.558. The van der Waals surface area contributed by atoms with E-state index in [1.165, 1.54) is 19.1 Å². The summed E-state index contributed by atoms with van der Waals surface area (Å²) in [7, 11) is -2.69. The van der Waals surface area contributed by atoms with Crippen LogP contribution in [-0.4, -0.2) is 43.1 Å². The number of fused-ring (bicyclic) bond motifs is 1. The highest BCUT2D eigenvalue weighted by Crippen LogP contribution is 2.29. The molecule has 0 radical (unpaired) electrons. The smallest absolute Gasteiger partial charge is 0.254 e. The number of benzene rings is 1. The van der Waals surface area contributed by atoms with Crippen LogP contribution in [0.4, 0.5) is 5.82 Å². The highest BCUT2D eigenvalue weighted by molar-refractivity contribution is 7.91. The summed E-state index contributed by atoms with van der Waals surface area (Å²) in [5.74, 6) is 1.70. The van der Waals surface area contributed by atoms with E-state index < -0.39 is 9.73 Å². The third-order valence-corrected chi connectivity index (χ3v) is 6.04. The summed E-state index contributed by atoms with van der Waals surface area (Å²) >= 11 is 0. The predicted molar refractivity (Wildman–Crippen MR) is 101 cm³/mol. The van der Waals surface area contributed by atoms with Crippen LogP contribution >= 0.6 is 0 Å². The van der Waals surface area contributed by atoms with Gasteiger partial charge in [0.15, 0.2) is 0 Å². The van der Waals surface area contributed by atoms with Gasteiger partial charge in [-0.2, -0.15) is 14.6 Å². The number of aromatic nitrogens is 4. The molecule has 4 rings (SSSR count). The Morgan fingerprint density at radius 2 is 1.88 bits per heavy atom. The molecular formula is C18H22N6OS. The van der Waals surface area contributed by atoms with E-state index in [1.807, 2.05) is 23.6 Å². The molecule has 26 heavy (non-hydrogen) atoms. The van der Waals surface area contributed by atoms with Gasteiger partial charge in [0.25, 0.3) is 5.78 Å². The Bertz CT molecular complexity index is 1050. The van der Waals surface area contributed by atoms with Gasteiger partial charge in [0.1, 0.15) is 12.1 Å². The highest BCUT2D eigenvalue weighted by atomic mass is 32.2. The van der Waals surface area contributed by atoms with Crippen molar-refractivity contribution < 1.29 is 4.21 Å². The first-order chi connectivity index (χ1) is 12.4. The van der Waals surface area contributed by atoms with Crippen molar-refractivity contribution in [3.8, 4) is 0 Å². The Hall–Kier alpha value is -2.48. The van der Waals surface area contributed by atoms with Crippen LogP contribution in [-0.2, 0) is 16.1 Å². The van der Waals surface area contributed by atoms with Crippen LogP contribution in [0.2, 0.25) is 0 Å². The molecule has 0 aliphatic carbocycles. The second-order valence-electron chi connectivity index (χ2n) is 6.83. The van der Waals surface area contributed by atoms with E-state index in [1.54, 1.807) is 18.5 Å². The van der Waals surface area contributed by atoms with Gasteiger partial charge in [0, 0.05) is 41.9 Å². The Morgan fingerprint density at radius 3 is 2.54 bits per heavy atom. The maximum absolute atomic E-state index is 11.9. The first-order valence-corrected chi connectivity index (χ1v) is 10.7. The first kappa shape index (κ1) is 17.0. The monoisotopic (exact) mass is 370 g/mol. The first-order valence-electron chi connectivity index (χ1n) is 8.70.